The summed E-state index contributed by atoms with van der Waals surface area (Å²) in [6, 6.07) is 8.03. The molecule has 3 rings (SSSR count). The van der Waals surface area contributed by atoms with Gasteiger partial charge in [-0.2, -0.15) is 0 Å². The summed E-state index contributed by atoms with van der Waals surface area (Å²) in [6.07, 6.45) is 2.84. The van der Waals surface area contributed by atoms with Gasteiger partial charge >= 0.3 is 0 Å². The van der Waals surface area contributed by atoms with Gasteiger partial charge in [0, 0.05) is 57.4 Å². The summed E-state index contributed by atoms with van der Waals surface area (Å²) < 4.78 is 2.08. The molecule has 2 aromatic heterocycles. The van der Waals surface area contributed by atoms with Crippen molar-refractivity contribution in [2.75, 3.05) is 26.2 Å². The topological polar surface area (TPSA) is 41.4 Å². The minimum Gasteiger partial charge on any atom is -0.351 e. The monoisotopic (exact) mass is 326 g/mol. The van der Waals surface area contributed by atoms with Crippen LogP contribution in [-0.2, 0) is 13.6 Å². The Kier molecular flexibility index (Phi) is 5.00. The molecule has 1 saturated heterocycles. The molecule has 3 heterocycles. The molecular weight excluding hydrogens is 300 g/mol. The summed E-state index contributed by atoms with van der Waals surface area (Å²) in [5.41, 5.74) is 4.11. The van der Waals surface area contributed by atoms with E-state index in [1.54, 1.807) is 0 Å². The van der Waals surface area contributed by atoms with Crippen molar-refractivity contribution >= 4 is 5.91 Å². The zero-order valence-corrected chi connectivity index (χ0v) is 14.8. The van der Waals surface area contributed by atoms with Crippen molar-refractivity contribution in [1.29, 1.82) is 0 Å². The molecule has 0 aliphatic carbocycles. The third kappa shape index (κ3) is 3.51. The molecule has 1 amide bonds. The normalized spacial score (nSPS) is 16.2. The van der Waals surface area contributed by atoms with E-state index in [4.69, 9.17) is 0 Å². The quantitative estimate of drug-likeness (QED) is 0.870. The average Bonchev–Trinajstić information content (AvgIpc) is 2.77. The number of carbonyl (C=O) groups is 1. The summed E-state index contributed by atoms with van der Waals surface area (Å²) in [5.74, 6) is 0.163. The zero-order valence-electron chi connectivity index (χ0n) is 14.8. The number of hydrogen-bond donors (Lipinski definition) is 0. The van der Waals surface area contributed by atoms with Crippen LogP contribution in [0.2, 0.25) is 0 Å². The van der Waals surface area contributed by atoms with Gasteiger partial charge in [-0.25, -0.2) is 0 Å². The first kappa shape index (κ1) is 16.7. The molecular formula is C19H26N4O. The Labute approximate surface area is 143 Å². The number of carbonyl (C=O) groups excluding carboxylic acids is 1. The van der Waals surface area contributed by atoms with Gasteiger partial charge in [0.15, 0.2) is 0 Å². The fourth-order valence-electron chi connectivity index (χ4n) is 3.30. The third-order valence-corrected chi connectivity index (χ3v) is 4.99. The van der Waals surface area contributed by atoms with Gasteiger partial charge in [0.25, 0.3) is 5.91 Å². The summed E-state index contributed by atoms with van der Waals surface area (Å²) in [6.45, 7) is 8.42. The third-order valence-electron chi connectivity index (χ3n) is 4.99. The van der Waals surface area contributed by atoms with E-state index >= 15 is 0 Å². The Bertz CT molecular complexity index is 708. The van der Waals surface area contributed by atoms with Gasteiger partial charge in [0.2, 0.25) is 0 Å². The molecule has 1 aliphatic rings. The highest BCUT2D eigenvalue weighted by atomic mass is 16.2. The van der Waals surface area contributed by atoms with Crippen molar-refractivity contribution in [3.05, 3.63) is 53.1 Å². The maximum Gasteiger partial charge on any atom is 0.255 e. The lowest BCUT2D eigenvalue weighted by molar-refractivity contribution is 0.0760. The molecule has 2 aromatic rings. The molecule has 0 unspecified atom stereocenters. The van der Waals surface area contributed by atoms with Gasteiger partial charge in [-0.3, -0.25) is 14.7 Å². The number of hydrogen-bond acceptors (Lipinski definition) is 3. The Morgan fingerprint density at radius 1 is 1.17 bits per heavy atom. The second-order valence-corrected chi connectivity index (χ2v) is 6.59. The van der Waals surface area contributed by atoms with Gasteiger partial charge in [0.05, 0.1) is 11.3 Å². The predicted molar refractivity (Wildman–Crippen MR) is 94.9 cm³/mol. The number of nitrogens with zero attached hydrogens (tertiary/aromatic N) is 4. The minimum atomic E-state index is 0.163. The highest BCUT2D eigenvalue weighted by molar-refractivity contribution is 5.95. The molecule has 128 valence electrons. The second kappa shape index (κ2) is 7.18. The van der Waals surface area contributed by atoms with E-state index in [1.807, 2.05) is 50.2 Å². The number of pyridine rings is 1. The lowest BCUT2D eigenvalue weighted by atomic mass is 10.2. The van der Waals surface area contributed by atoms with Crippen LogP contribution in [0.5, 0.6) is 0 Å². The first-order valence-corrected chi connectivity index (χ1v) is 8.60. The molecule has 1 aliphatic heterocycles. The maximum absolute atomic E-state index is 12.9. The number of aryl methyl sites for hydroxylation is 1. The first-order valence-electron chi connectivity index (χ1n) is 8.60. The zero-order chi connectivity index (χ0) is 17.1. The Morgan fingerprint density at radius 3 is 2.67 bits per heavy atom. The summed E-state index contributed by atoms with van der Waals surface area (Å²) >= 11 is 0. The fraction of sp³-hybridized carbons (Fsp3) is 0.474. The van der Waals surface area contributed by atoms with Crippen LogP contribution in [0.3, 0.4) is 0 Å². The molecule has 0 aromatic carbocycles. The van der Waals surface area contributed by atoms with Crippen LogP contribution in [0, 0.1) is 13.8 Å². The lowest BCUT2D eigenvalue weighted by Gasteiger charge is -2.22. The number of rotatable bonds is 3. The smallest absolute Gasteiger partial charge is 0.255 e. The van der Waals surface area contributed by atoms with Crippen LogP contribution < -0.4 is 0 Å². The Morgan fingerprint density at radius 2 is 2.00 bits per heavy atom. The van der Waals surface area contributed by atoms with E-state index in [0.717, 1.165) is 61.8 Å². The van der Waals surface area contributed by atoms with Gasteiger partial charge in [-0.05, 0) is 38.5 Å². The molecule has 0 radical (unpaired) electrons. The van der Waals surface area contributed by atoms with Gasteiger partial charge in [-0.15, -0.1) is 0 Å². The van der Waals surface area contributed by atoms with Crippen LogP contribution in [0.4, 0.5) is 0 Å². The Hall–Kier alpha value is -2.14. The highest BCUT2D eigenvalue weighted by Gasteiger charge is 2.23. The van der Waals surface area contributed by atoms with E-state index < -0.39 is 0 Å². The van der Waals surface area contributed by atoms with Crippen molar-refractivity contribution in [3.63, 3.8) is 0 Å². The van der Waals surface area contributed by atoms with E-state index in [2.05, 4.69) is 20.5 Å². The lowest BCUT2D eigenvalue weighted by Crippen LogP contribution is -2.35. The van der Waals surface area contributed by atoms with Crippen molar-refractivity contribution < 1.29 is 4.79 Å². The first-order chi connectivity index (χ1) is 11.6. The standard InChI is InChI=1S/C19H26N4O/c1-15-13-18(16(2)21(15)3)19(24)23-10-6-9-22(11-12-23)14-17-7-4-5-8-20-17/h4-5,7-8,13H,6,9-12,14H2,1-3H3. The fourth-order valence-corrected chi connectivity index (χ4v) is 3.30. The van der Waals surface area contributed by atoms with Crippen molar-refractivity contribution in [3.8, 4) is 0 Å². The van der Waals surface area contributed by atoms with Crippen molar-refractivity contribution in [2.45, 2.75) is 26.8 Å². The Balaban J connectivity index is 1.64. The average molecular weight is 326 g/mol. The SMILES string of the molecule is Cc1cc(C(=O)N2CCCN(Cc3ccccn3)CC2)c(C)n1C. The van der Waals surface area contributed by atoms with Gasteiger partial charge in [0.1, 0.15) is 0 Å². The molecule has 0 N–H and O–H groups in total. The minimum absolute atomic E-state index is 0.163. The second-order valence-electron chi connectivity index (χ2n) is 6.59. The van der Waals surface area contributed by atoms with E-state index in [9.17, 15) is 4.79 Å². The van der Waals surface area contributed by atoms with Crippen LogP contribution in [0.1, 0.15) is 33.9 Å². The predicted octanol–water partition coefficient (Wildman–Crippen LogP) is 2.39. The van der Waals surface area contributed by atoms with Crippen molar-refractivity contribution in [1.82, 2.24) is 19.4 Å². The maximum atomic E-state index is 12.9. The highest BCUT2D eigenvalue weighted by Crippen LogP contribution is 2.17. The molecule has 0 saturated carbocycles. The largest absolute Gasteiger partial charge is 0.351 e. The molecule has 1 fully saturated rings. The van der Waals surface area contributed by atoms with Crippen LogP contribution in [0.25, 0.3) is 0 Å². The van der Waals surface area contributed by atoms with Crippen LogP contribution in [-0.4, -0.2) is 51.4 Å². The van der Waals surface area contributed by atoms with Gasteiger partial charge in [-0.1, -0.05) is 6.07 Å². The summed E-state index contributed by atoms with van der Waals surface area (Å²) in [4.78, 5) is 21.7. The van der Waals surface area contributed by atoms with E-state index in [0.29, 0.717) is 0 Å². The van der Waals surface area contributed by atoms with E-state index in [1.165, 1.54) is 0 Å². The van der Waals surface area contributed by atoms with E-state index in [-0.39, 0.29) is 5.91 Å². The molecule has 0 spiro atoms. The number of amides is 1. The molecule has 5 heteroatoms. The molecule has 5 nitrogen and oxygen atoms in total. The van der Waals surface area contributed by atoms with Crippen LogP contribution in [0.15, 0.2) is 30.5 Å². The van der Waals surface area contributed by atoms with Crippen molar-refractivity contribution in [2.24, 2.45) is 7.05 Å². The molecule has 0 atom stereocenters. The summed E-state index contributed by atoms with van der Waals surface area (Å²) in [5, 5.41) is 0. The van der Waals surface area contributed by atoms with Gasteiger partial charge < -0.3 is 9.47 Å². The summed E-state index contributed by atoms with van der Waals surface area (Å²) in [7, 11) is 2.01. The molecule has 0 bridgehead atoms. The molecule has 24 heavy (non-hydrogen) atoms. The van der Waals surface area contributed by atoms with Crippen LogP contribution >= 0.6 is 0 Å². The number of aromatic nitrogens is 2.